The zero-order chi connectivity index (χ0) is 15.2. The summed E-state index contributed by atoms with van der Waals surface area (Å²) in [6.45, 7) is 12.9. The molecule has 0 saturated heterocycles. The Labute approximate surface area is 122 Å². The van der Waals surface area contributed by atoms with E-state index in [2.05, 4.69) is 31.1 Å². The highest BCUT2D eigenvalue weighted by Gasteiger charge is 2.14. The SMILES string of the molecule is CCN(CC)C(=O)c1cc(NCCC(C)(C)C)ccn1. The van der Waals surface area contributed by atoms with Crippen molar-refractivity contribution in [3.63, 3.8) is 0 Å². The number of carbonyl (C=O) groups excluding carboxylic acids is 1. The molecule has 0 bridgehead atoms. The van der Waals surface area contributed by atoms with Crippen molar-refractivity contribution in [2.24, 2.45) is 5.41 Å². The van der Waals surface area contributed by atoms with Crippen LogP contribution in [-0.4, -0.2) is 35.4 Å². The van der Waals surface area contributed by atoms with Crippen LogP contribution in [0.15, 0.2) is 18.3 Å². The molecular weight excluding hydrogens is 250 g/mol. The topological polar surface area (TPSA) is 45.2 Å². The molecule has 0 atom stereocenters. The summed E-state index contributed by atoms with van der Waals surface area (Å²) in [6.07, 6.45) is 2.77. The van der Waals surface area contributed by atoms with Gasteiger partial charge in [-0.3, -0.25) is 9.78 Å². The van der Waals surface area contributed by atoms with E-state index in [0.717, 1.165) is 18.7 Å². The normalized spacial score (nSPS) is 11.2. The van der Waals surface area contributed by atoms with Gasteiger partial charge in [-0.2, -0.15) is 0 Å². The molecule has 0 aromatic carbocycles. The second kappa shape index (κ2) is 7.27. The molecule has 0 radical (unpaired) electrons. The van der Waals surface area contributed by atoms with Crippen molar-refractivity contribution in [1.29, 1.82) is 0 Å². The van der Waals surface area contributed by atoms with E-state index in [0.29, 0.717) is 24.2 Å². The molecule has 1 aromatic heterocycles. The Hall–Kier alpha value is -1.58. The maximum absolute atomic E-state index is 12.2. The maximum atomic E-state index is 12.2. The minimum Gasteiger partial charge on any atom is -0.385 e. The molecule has 0 spiro atoms. The Morgan fingerprint density at radius 3 is 2.50 bits per heavy atom. The van der Waals surface area contributed by atoms with Gasteiger partial charge in [0.1, 0.15) is 5.69 Å². The van der Waals surface area contributed by atoms with Crippen LogP contribution < -0.4 is 5.32 Å². The Balaban J connectivity index is 2.68. The van der Waals surface area contributed by atoms with E-state index in [1.807, 2.05) is 26.0 Å². The van der Waals surface area contributed by atoms with Crippen LogP contribution in [0.5, 0.6) is 0 Å². The molecule has 4 nitrogen and oxygen atoms in total. The summed E-state index contributed by atoms with van der Waals surface area (Å²) in [5, 5.41) is 3.36. The molecule has 4 heteroatoms. The van der Waals surface area contributed by atoms with Gasteiger partial charge in [0.15, 0.2) is 0 Å². The van der Waals surface area contributed by atoms with E-state index in [1.54, 1.807) is 11.1 Å². The van der Waals surface area contributed by atoms with Crippen molar-refractivity contribution in [2.45, 2.75) is 41.0 Å². The number of anilines is 1. The quantitative estimate of drug-likeness (QED) is 0.866. The first kappa shape index (κ1) is 16.5. The highest BCUT2D eigenvalue weighted by atomic mass is 16.2. The van der Waals surface area contributed by atoms with Crippen LogP contribution in [0, 0.1) is 5.41 Å². The van der Waals surface area contributed by atoms with E-state index in [1.165, 1.54) is 0 Å². The first-order valence-electron chi connectivity index (χ1n) is 7.36. The first-order chi connectivity index (χ1) is 9.37. The minimum absolute atomic E-state index is 0.00512. The molecule has 1 aromatic rings. The second-order valence-corrected chi connectivity index (χ2v) is 6.14. The third kappa shape index (κ3) is 5.19. The Kier molecular flexibility index (Phi) is 5.99. The average molecular weight is 277 g/mol. The fourth-order valence-electron chi connectivity index (χ4n) is 1.91. The van der Waals surface area contributed by atoms with Gasteiger partial charge in [0.2, 0.25) is 0 Å². The van der Waals surface area contributed by atoms with Crippen molar-refractivity contribution >= 4 is 11.6 Å². The number of aromatic nitrogens is 1. The summed E-state index contributed by atoms with van der Waals surface area (Å²) < 4.78 is 0. The van der Waals surface area contributed by atoms with E-state index in [9.17, 15) is 4.79 Å². The van der Waals surface area contributed by atoms with Gasteiger partial charge in [-0.05, 0) is 37.8 Å². The van der Waals surface area contributed by atoms with Crippen molar-refractivity contribution < 1.29 is 4.79 Å². The van der Waals surface area contributed by atoms with Crippen LogP contribution >= 0.6 is 0 Å². The smallest absolute Gasteiger partial charge is 0.272 e. The molecule has 0 aliphatic rings. The summed E-state index contributed by atoms with van der Waals surface area (Å²) in [4.78, 5) is 18.2. The molecule has 20 heavy (non-hydrogen) atoms. The molecular formula is C16H27N3O. The van der Waals surface area contributed by atoms with E-state index in [-0.39, 0.29) is 5.91 Å². The van der Waals surface area contributed by atoms with Crippen LogP contribution in [0.2, 0.25) is 0 Å². The number of hydrogen-bond donors (Lipinski definition) is 1. The number of hydrogen-bond acceptors (Lipinski definition) is 3. The second-order valence-electron chi connectivity index (χ2n) is 6.14. The number of carbonyl (C=O) groups is 1. The zero-order valence-electron chi connectivity index (χ0n) is 13.4. The predicted molar refractivity (Wildman–Crippen MR) is 84.1 cm³/mol. The lowest BCUT2D eigenvalue weighted by Crippen LogP contribution is -2.31. The summed E-state index contributed by atoms with van der Waals surface area (Å²) in [7, 11) is 0. The fraction of sp³-hybridized carbons (Fsp3) is 0.625. The van der Waals surface area contributed by atoms with Gasteiger partial charge in [0, 0.05) is 31.5 Å². The van der Waals surface area contributed by atoms with Crippen molar-refractivity contribution in [2.75, 3.05) is 25.0 Å². The van der Waals surface area contributed by atoms with Crippen LogP contribution in [-0.2, 0) is 0 Å². The number of rotatable bonds is 6. The molecule has 1 heterocycles. The monoisotopic (exact) mass is 277 g/mol. The number of nitrogens with zero attached hydrogens (tertiary/aromatic N) is 2. The first-order valence-corrected chi connectivity index (χ1v) is 7.36. The Bertz CT molecular complexity index is 434. The predicted octanol–water partition coefficient (Wildman–Crippen LogP) is 3.41. The number of pyridine rings is 1. The van der Waals surface area contributed by atoms with Gasteiger partial charge in [0.05, 0.1) is 0 Å². The lowest BCUT2D eigenvalue weighted by Gasteiger charge is -2.20. The lowest BCUT2D eigenvalue weighted by molar-refractivity contribution is 0.0767. The van der Waals surface area contributed by atoms with E-state index >= 15 is 0 Å². The van der Waals surface area contributed by atoms with E-state index < -0.39 is 0 Å². The zero-order valence-corrected chi connectivity index (χ0v) is 13.4. The third-order valence-electron chi connectivity index (χ3n) is 3.23. The number of amides is 1. The average Bonchev–Trinajstić information content (AvgIpc) is 2.39. The largest absolute Gasteiger partial charge is 0.385 e. The van der Waals surface area contributed by atoms with Gasteiger partial charge in [0.25, 0.3) is 5.91 Å². The molecule has 0 unspecified atom stereocenters. The molecule has 0 saturated carbocycles. The van der Waals surface area contributed by atoms with Crippen LogP contribution in [0.1, 0.15) is 51.5 Å². The van der Waals surface area contributed by atoms with Gasteiger partial charge >= 0.3 is 0 Å². The number of nitrogens with one attached hydrogen (secondary N) is 1. The third-order valence-corrected chi connectivity index (χ3v) is 3.23. The standard InChI is InChI=1S/C16H27N3O/c1-6-19(7-2)15(20)14-12-13(8-10-18-14)17-11-9-16(3,4)5/h8,10,12H,6-7,9,11H2,1-5H3,(H,17,18). The fourth-order valence-corrected chi connectivity index (χ4v) is 1.91. The van der Waals surface area contributed by atoms with Gasteiger partial charge in [-0.25, -0.2) is 0 Å². The maximum Gasteiger partial charge on any atom is 0.272 e. The van der Waals surface area contributed by atoms with Crippen molar-refractivity contribution in [3.05, 3.63) is 24.0 Å². The molecule has 1 N–H and O–H groups in total. The van der Waals surface area contributed by atoms with E-state index in [4.69, 9.17) is 0 Å². The molecule has 0 aliphatic carbocycles. The highest BCUT2D eigenvalue weighted by molar-refractivity contribution is 5.93. The Morgan fingerprint density at radius 1 is 1.30 bits per heavy atom. The summed E-state index contributed by atoms with van der Waals surface area (Å²) in [6, 6.07) is 3.74. The van der Waals surface area contributed by atoms with Crippen molar-refractivity contribution in [3.8, 4) is 0 Å². The molecule has 0 aliphatic heterocycles. The van der Waals surface area contributed by atoms with Crippen LogP contribution in [0.4, 0.5) is 5.69 Å². The molecule has 1 rings (SSSR count). The van der Waals surface area contributed by atoms with Gasteiger partial charge in [-0.15, -0.1) is 0 Å². The van der Waals surface area contributed by atoms with Crippen molar-refractivity contribution in [1.82, 2.24) is 9.88 Å². The van der Waals surface area contributed by atoms with Crippen LogP contribution in [0.25, 0.3) is 0 Å². The summed E-state index contributed by atoms with van der Waals surface area (Å²) in [5.41, 5.74) is 1.77. The molecule has 0 fully saturated rings. The highest BCUT2D eigenvalue weighted by Crippen LogP contribution is 2.18. The minimum atomic E-state index is -0.00512. The molecule has 1 amide bonds. The molecule has 112 valence electrons. The van der Waals surface area contributed by atoms with Gasteiger partial charge < -0.3 is 10.2 Å². The van der Waals surface area contributed by atoms with Gasteiger partial charge in [-0.1, -0.05) is 20.8 Å². The Morgan fingerprint density at radius 2 is 1.95 bits per heavy atom. The van der Waals surface area contributed by atoms with Crippen LogP contribution in [0.3, 0.4) is 0 Å². The summed E-state index contributed by atoms with van der Waals surface area (Å²) >= 11 is 0. The lowest BCUT2D eigenvalue weighted by atomic mass is 9.92. The summed E-state index contributed by atoms with van der Waals surface area (Å²) in [5.74, 6) is -0.00512.